The van der Waals surface area contributed by atoms with E-state index in [-0.39, 0.29) is 5.54 Å². The minimum absolute atomic E-state index is 0.0371. The van der Waals surface area contributed by atoms with Crippen molar-refractivity contribution in [2.75, 3.05) is 13.1 Å². The first kappa shape index (κ1) is 17.5. The second-order valence-electron chi connectivity index (χ2n) is 7.65. The molecule has 2 aliphatic heterocycles. The summed E-state index contributed by atoms with van der Waals surface area (Å²) in [6.45, 7) is 11.4. The Bertz CT molecular complexity index is 578. The first-order valence-corrected chi connectivity index (χ1v) is 9.43. The Morgan fingerprint density at radius 3 is 2.71 bits per heavy atom. The zero-order valence-corrected chi connectivity index (χ0v) is 15.6. The molecular weight excluding hydrogens is 302 g/mol. The molecule has 1 amide bonds. The second kappa shape index (κ2) is 6.87. The standard InChI is InChI=1S/C19H31N3O2/c1-5-14(2)21-11-6-8-19(10-12-21)9-7-18(23)22(19)13-17-15(3)20-24-16(17)4/h14H,5-13H2,1-4H3/t14-,19-/m0/s1. The number of hydrogen-bond acceptors (Lipinski definition) is 4. The lowest BCUT2D eigenvalue weighted by atomic mass is 9.87. The fourth-order valence-corrected chi connectivity index (χ4v) is 4.43. The zero-order chi connectivity index (χ0) is 17.3. The van der Waals surface area contributed by atoms with Crippen LogP contribution in [0.15, 0.2) is 4.52 Å². The van der Waals surface area contributed by atoms with Crippen molar-refractivity contribution in [1.82, 2.24) is 15.0 Å². The van der Waals surface area contributed by atoms with Gasteiger partial charge in [0.1, 0.15) is 5.76 Å². The van der Waals surface area contributed by atoms with E-state index >= 15 is 0 Å². The van der Waals surface area contributed by atoms with Gasteiger partial charge in [-0.1, -0.05) is 12.1 Å². The minimum atomic E-state index is 0.0371. The molecule has 0 bridgehead atoms. The van der Waals surface area contributed by atoms with Crippen molar-refractivity contribution in [2.24, 2.45) is 0 Å². The van der Waals surface area contributed by atoms with Gasteiger partial charge in [-0.15, -0.1) is 0 Å². The molecule has 0 unspecified atom stereocenters. The van der Waals surface area contributed by atoms with Crippen LogP contribution in [-0.4, -0.2) is 45.5 Å². The number of carbonyl (C=O) groups is 1. The number of likely N-dealkylation sites (tertiary alicyclic amines) is 2. The van der Waals surface area contributed by atoms with Crippen molar-refractivity contribution in [3.8, 4) is 0 Å². The Hall–Kier alpha value is -1.36. The molecule has 1 spiro atoms. The molecule has 3 heterocycles. The van der Waals surface area contributed by atoms with E-state index in [2.05, 4.69) is 28.8 Å². The van der Waals surface area contributed by atoms with Crippen molar-refractivity contribution in [3.63, 3.8) is 0 Å². The lowest BCUT2D eigenvalue weighted by molar-refractivity contribution is -0.132. The van der Waals surface area contributed by atoms with Crippen molar-refractivity contribution < 1.29 is 9.32 Å². The molecule has 2 fully saturated rings. The molecule has 134 valence electrons. The average Bonchev–Trinajstić information content (AvgIpc) is 2.94. The second-order valence-corrected chi connectivity index (χ2v) is 7.65. The van der Waals surface area contributed by atoms with Crippen LogP contribution in [0, 0.1) is 13.8 Å². The van der Waals surface area contributed by atoms with E-state index in [0.29, 0.717) is 24.9 Å². The Morgan fingerprint density at radius 2 is 2.04 bits per heavy atom. The summed E-state index contributed by atoms with van der Waals surface area (Å²) in [4.78, 5) is 17.4. The van der Waals surface area contributed by atoms with E-state index in [9.17, 15) is 4.79 Å². The average molecular weight is 333 g/mol. The van der Waals surface area contributed by atoms with Crippen LogP contribution in [0.4, 0.5) is 0 Å². The van der Waals surface area contributed by atoms with Gasteiger partial charge in [0.25, 0.3) is 0 Å². The van der Waals surface area contributed by atoms with Gasteiger partial charge in [-0.3, -0.25) is 4.79 Å². The van der Waals surface area contributed by atoms with Crippen LogP contribution in [0.25, 0.3) is 0 Å². The van der Waals surface area contributed by atoms with Crippen molar-refractivity contribution in [2.45, 2.75) is 84.3 Å². The molecule has 5 heteroatoms. The molecule has 0 saturated carbocycles. The van der Waals surface area contributed by atoms with Crippen LogP contribution >= 0.6 is 0 Å². The third-order valence-electron chi connectivity index (χ3n) is 6.34. The van der Waals surface area contributed by atoms with Gasteiger partial charge in [0, 0.05) is 30.1 Å². The zero-order valence-electron chi connectivity index (χ0n) is 15.6. The third-order valence-corrected chi connectivity index (χ3v) is 6.34. The van der Waals surface area contributed by atoms with Gasteiger partial charge in [0.15, 0.2) is 0 Å². The van der Waals surface area contributed by atoms with Crippen molar-refractivity contribution in [1.29, 1.82) is 0 Å². The summed E-state index contributed by atoms with van der Waals surface area (Å²) in [6, 6.07) is 0.633. The normalized spacial score (nSPS) is 27.0. The monoisotopic (exact) mass is 333 g/mol. The number of aryl methyl sites for hydroxylation is 2. The van der Waals surface area contributed by atoms with Crippen molar-refractivity contribution >= 4 is 5.91 Å². The maximum absolute atomic E-state index is 12.6. The van der Waals surface area contributed by atoms with E-state index in [1.165, 1.54) is 12.8 Å². The van der Waals surface area contributed by atoms with Crippen LogP contribution in [0.3, 0.4) is 0 Å². The summed E-state index contributed by atoms with van der Waals surface area (Å²) >= 11 is 0. The Balaban J connectivity index is 1.79. The predicted molar refractivity (Wildman–Crippen MR) is 93.7 cm³/mol. The summed E-state index contributed by atoms with van der Waals surface area (Å²) in [5.74, 6) is 1.14. The summed E-state index contributed by atoms with van der Waals surface area (Å²) in [6.07, 6.45) is 6.27. The lowest BCUT2D eigenvalue weighted by Gasteiger charge is -2.38. The molecule has 0 radical (unpaired) electrons. The van der Waals surface area contributed by atoms with E-state index in [0.717, 1.165) is 49.4 Å². The summed E-state index contributed by atoms with van der Waals surface area (Å²) in [7, 11) is 0. The molecule has 2 atom stereocenters. The highest BCUT2D eigenvalue weighted by atomic mass is 16.5. The summed E-state index contributed by atoms with van der Waals surface area (Å²) in [5.41, 5.74) is 2.04. The number of nitrogens with zero attached hydrogens (tertiary/aromatic N) is 3. The molecule has 1 aromatic rings. The molecule has 3 rings (SSSR count). The highest BCUT2D eigenvalue weighted by Gasteiger charge is 2.46. The quantitative estimate of drug-likeness (QED) is 0.847. The van der Waals surface area contributed by atoms with Gasteiger partial charge in [-0.2, -0.15) is 0 Å². The van der Waals surface area contributed by atoms with Crippen LogP contribution in [0.1, 0.15) is 69.4 Å². The van der Waals surface area contributed by atoms with Gasteiger partial charge in [0.2, 0.25) is 5.91 Å². The first-order chi connectivity index (χ1) is 11.5. The molecule has 2 aliphatic rings. The predicted octanol–water partition coefficient (Wildman–Crippen LogP) is 3.44. The van der Waals surface area contributed by atoms with Crippen LogP contribution in [0.2, 0.25) is 0 Å². The van der Waals surface area contributed by atoms with Crippen LogP contribution in [0.5, 0.6) is 0 Å². The van der Waals surface area contributed by atoms with Gasteiger partial charge >= 0.3 is 0 Å². The maximum Gasteiger partial charge on any atom is 0.223 e. The smallest absolute Gasteiger partial charge is 0.223 e. The first-order valence-electron chi connectivity index (χ1n) is 9.43. The van der Waals surface area contributed by atoms with Crippen LogP contribution < -0.4 is 0 Å². The van der Waals surface area contributed by atoms with Gasteiger partial charge in [-0.05, 0) is 59.4 Å². The fraction of sp³-hybridized carbons (Fsp3) is 0.789. The van der Waals surface area contributed by atoms with E-state index < -0.39 is 0 Å². The minimum Gasteiger partial charge on any atom is -0.361 e. The van der Waals surface area contributed by atoms with E-state index in [4.69, 9.17) is 4.52 Å². The Kier molecular flexibility index (Phi) is 5.00. The topological polar surface area (TPSA) is 49.6 Å². The van der Waals surface area contributed by atoms with Gasteiger partial charge in [0.05, 0.1) is 12.2 Å². The molecule has 2 saturated heterocycles. The SMILES string of the molecule is CC[C@H](C)N1CCC[C@]2(CCC(=O)N2Cc2c(C)noc2C)CC1. The molecule has 0 aliphatic carbocycles. The molecule has 5 nitrogen and oxygen atoms in total. The lowest BCUT2D eigenvalue weighted by Crippen LogP contribution is -2.46. The number of carbonyl (C=O) groups excluding carboxylic acids is 1. The largest absolute Gasteiger partial charge is 0.361 e. The summed E-state index contributed by atoms with van der Waals surface area (Å²) < 4.78 is 5.31. The molecule has 24 heavy (non-hydrogen) atoms. The van der Waals surface area contributed by atoms with Crippen molar-refractivity contribution in [3.05, 3.63) is 17.0 Å². The molecular formula is C19H31N3O2. The van der Waals surface area contributed by atoms with Gasteiger partial charge < -0.3 is 14.3 Å². The molecule has 0 N–H and O–H groups in total. The van der Waals surface area contributed by atoms with E-state index in [1.807, 2.05) is 13.8 Å². The summed E-state index contributed by atoms with van der Waals surface area (Å²) in [5, 5.41) is 4.06. The number of hydrogen-bond donors (Lipinski definition) is 0. The van der Waals surface area contributed by atoms with Gasteiger partial charge in [-0.25, -0.2) is 0 Å². The molecule has 1 aromatic heterocycles. The van der Waals surface area contributed by atoms with Crippen LogP contribution in [-0.2, 0) is 11.3 Å². The fourth-order valence-electron chi connectivity index (χ4n) is 4.43. The Morgan fingerprint density at radius 1 is 1.25 bits per heavy atom. The highest BCUT2D eigenvalue weighted by molar-refractivity contribution is 5.79. The molecule has 0 aromatic carbocycles. The number of rotatable bonds is 4. The maximum atomic E-state index is 12.6. The highest BCUT2D eigenvalue weighted by Crippen LogP contribution is 2.40. The third kappa shape index (κ3) is 3.10. The van der Waals surface area contributed by atoms with E-state index in [1.54, 1.807) is 0 Å². The number of amides is 1. The number of aromatic nitrogens is 1. The Labute approximate surface area is 145 Å².